The fourth-order valence-electron chi connectivity index (χ4n) is 3.55. The lowest BCUT2D eigenvalue weighted by Crippen LogP contribution is -2.41. The fraction of sp³-hybridized carbons (Fsp3) is 0.562. The second-order valence-corrected chi connectivity index (χ2v) is 6.17. The van der Waals surface area contributed by atoms with Crippen LogP contribution in [-0.4, -0.2) is 25.0 Å². The lowest BCUT2D eigenvalue weighted by Gasteiger charge is -2.31. The zero-order valence-electron chi connectivity index (χ0n) is 11.9. The van der Waals surface area contributed by atoms with Gasteiger partial charge in [-0.15, -0.1) is 0 Å². The van der Waals surface area contributed by atoms with Crippen LogP contribution in [0.3, 0.4) is 0 Å². The van der Waals surface area contributed by atoms with Crippen LogP contribution in [0, 0.1) is 23.5 Å². The first-order valence-corrected chi connectivity index (χ1v) is 7.56. The van der Waals surface area contributed by atoms with E-state index < -0.39 is 11.6 Å². The Kier molecular flexibility index (Phi) is 4.19. The summed E-state index contributed by atoms with van der Waals surface area (Å²) in [5, 5.41) is 6.39. The lowest BCUT2D eigenvalue weighted by molar-refractivity contribution is -0.121. The van der Waals surface area contributed by atoms with E-state index in [-0.39, 0.29) is 23.9 Å². The Morgan fingerprint density at radius 2 is 2.05 bits per heavy atom. The Morgan fingerprint density at radius 3 is 2.86 bits per heavy atom. The Balaban J connectivity index is 1.54. The van der Waals surface area contributed by atoms with E-state index in [1.165, 1.54) is 12.1 Å². The molecule has 1 unspecified atom stereocenters. The Hall–Kier alpha value is -1.49. The fourth-order valence-corrected chi connectivity index (χ4v) is 3.55. The van der Waals surface area contributed by atoms with E-state index in [1.807, 2.05) is 0 Å². The molecule has 1 aliphatic heterocycles. The highest BCUT2D eigenvalue weighted by Gasteiger charge is 2.34. The van der Waals surface area contributed by atoms with Crippen molar-refractivity contribution < 1.29 is 13.6 Å². The van der Waals surface area contributed by atoms with Crippen molar-refractivity contribution in [2.24, 2.45) is 11.8 Å². The molecule has 0 bridgehead atoms. The zero-order chi connectivity index (χ0) is 14.8. The number of carbonyl (C=O) groups is 1. The molecule has 1 aliphatic carbocycles. The molecule has 3 nitrogen and oxygen atoms in total. The van der Waals surface area contributed by atoms with Crippen LogP contribution in [0.15, 0.2) is 18.2 Å². The maximum atomic E-state index is 13.5. The molecule has 1 aromatic rings. The molecule has 21 heavy (non-hydrogen) atoms. The Labute approximate surface area is 123 Å². The number of hydrogen-bond donors (Lipinski definition) is 2. The second kappa shape index (κ2) is 6.10. The average molecular weight is 294 g/mol. The number of fused-ring (bicyclic) bond motifs is 1. The predicted octanol–water partition coefficient (Wildman–Crippen LogP) is 2.01. The molecule has 114 valence electrons. The molecule has 2 fully saturated rings. The van der Waals surface area contributed by atoms with Gasteiger partial charge in [0, 0.05) is 12.1 Å². The summed E-state index contributed by atoms with van der Waals surface area (Å²) >= 11 is 0. The lowest BCUT2D eigenvalue weighted by atomic mass is 9.79. The molecule has 2 N–H and O–H groups in total. The highest BCUT2D eigenvalue weighted by Crippen LogP contribution is 2.32. The number of benzene rings is 1. The molecule has 1 aromatic carbocycles. The van der Waals surface area contributed by atoms with Gasteiger partial charge in [-0.2, -0.15) is 0 Å². The standard InChI is InChI=1S/C16H20F2N2O/c17-13-3-1-10(15(18)7-13)6-16(21)20-14-4-2-11-8-19-9-12(11)5-14/h1,3,7,11-12,14,19H,2,4-6,8-9H2,(H,20,21)/t11-,12+,14?/m0/s1. The third-order valence-electron chi connectivity index (χ3n) is 4.68. The minimum absolute atomic E-state index is 0.0328. The second-order valence-electron chi connectivity index (χ2n) is 6.17. The summed E-state index contributed by atoms with van der Waals surface area (Å²) in [5.74, 6) is -0.0771. The first kappa shape index (κ1) is 14.4. The largest absolute Gasteiger partial charge is 0.353 e. The highest BCUT2D eigenvalue weighted by molar-refractivity contribution is 5.78. The van der Waals surface area contributed by atoms with Crippen LogP contribution >= 0.6 is 0 Å². The minimum Gasteiger partial charge on any atom is -0.353 e. The maximum Gasteiger partial charge on any atom is 0.224 e. The number of nitrogens with one attached hydrogen (secondary N) is 2. The van der Waals surface area contributed by atoms with Gasteiger partial charge in [0.2, 0.25) is 5.91 Å². The summed E-state index contributed by atoms with van der Waals surface area (Å²) in [6, 6.07) is 3.52. The summed E-state index contributed by atoms with van der Waals surface area (Å²) in [4.78, 5) is 12.0. The van der Waals surface area contributed by atoms with Crippen LogP contribution in [0.25, 0.3) is 0 Å². The molecule has 3 rings (SSSR count). The maximum absolute atomic E-state index is 13.5. The first-order chi connectivity index (χ1) is 10.1. The molecule has 2 aliphatic rings. The topological polar surface area (TPSA) is 41.1 Å². The molecule has 1 heterocycles. The normalized spacial score (nSPS) is 28.2. The van der Waals surface area contributed by atoms with Crippen LogP contribution in [0.4, 0.5) is 8.78 Å². The number of hydrogen-bond acceptors (Lipinski definition) is 2. The van der Waals surface area contributed by atoms with Gasteiger partial charge >= 0.3 is 0 Å². The van der Waals surface area contributed by atoms with Crippen molar-refractivity contribution in [3.05, 3.63) is 35.4 Å². The van der Waals surface area contributed by atoms with Crippen molar-refractivity contribution in [2.75, 3.05) is 13.1 Å². The van der Waals surface area contributed by atoms with Gasteiger partial charge < -0.3 is 10.6 Å². The summed E-state index contributed by atoms with van der Waals surface area (Å²) < 4.78 is 26.4. The van der Waals surface area contributed by atoms with Crippen molar-refractivity contribution in [2.45, 2.75) is 31.7 Å². The monoisotopic (exact) mass is 294 g/mol. The molecule has 0 spiro atoms. The predicted molar refractivity (Wildman–Crippen MR) is 75.7 cm³/mol. The van der Waals surface area contributed by atoms with Gasteiger partial charge in [-0.1, -0.05) is 6.07 Å². The van der Waals surface area contributed by atoms with E-state index in [0.29, 0.717) is 5.92 Å². The van der Waals surface area contributed by atoms with Crippen molar-refractivity contribution in [3.63, 3.8) is 0 Å². The third-order valence-corrected chi connectivity index (χ3v) is 4.68. The van der Waals surface area contributed by atoms with Gasteiger partial charge in [-0.25, -0.2) is 8.78 Å². The van der Waals surface area contributed by atoms with Crippen LogP contribution in [0.5, 0.6) is 0 Å². The smallest absolute Gasteiger partial charge is 0.224 e. The minimum atomic E-state index is -0.658. The van der Waals surface area contributed by atoms with Gasteiger partial charge in [0.15, 0.2) is 0 Å². The van der Waals surface area contributed by atoms with Gasteiger partial charge in [0.25, 0.3) is 0 Å². The van der Waals surface area contributed by atoms with Crippen molar-refractivity contribution in [1.29, 1.82) is 0 Å². The van der Waals surface area contributed by atoms with Gasteiger partial charge in [-0.3, -0.25) is 4.79 Å². The van der Waals surface area contributed by atoms with E-state index in [2.05, 4.69) is 10.6 Å². The summed E-state index contributed by atoms with van der Waals surface area (Å²) in [7, 11) is 0. The first-order valence-electron chi connectivity index (χ1n) is 7.56. The Morgan fingerprint density at radius 1 is 1.24 bits per heavy atom. The van der Waals surface area contributed by atoms with Crippen LogP contribution < -0.4 is 10.6 Å². The molecule has 0 aromatic heterocycles. The van der Waals surface area contributed by atoms with Crippen LogP contribution in [-0.2, 0) is 11.2 Å². The van der Waals surface area contributed by atoms with E-state index in [0.717, 1.165) is 44.3 Å². The molecule has 3 atom stereocenters. The highest BCUT2D eigenvalue weighted by atomic mass is 19.1. The number of halogens is 2. The molecule has 1 amide bonds. The van der Waals surface area contributed by atoms with Gasteiger partial charge in [0.1, 0.15) is 11.6 Å². The quantitative estimate of drug-likeness (QED) is 0.895. The van der Waals surface area contributed by atoms with Gasteiger partial charge in [-0.05, 0) is 55.8 Å². The molecular weight excluding hydrogens is 274 g/mol. The van der Waals surface area contributed by atoms with E-state index in [1.54, 1.807) is 0 Å². The van der Waals surface area contributed by atoms with Crippen LogP contribution in [0.2, 0.25) is 0 Å². The molecule has 5 heteroatoms. The number of rotatable bonds is 3. The molecule has 1 saturated heterocycles. The molecule has 1 saturated carbocycles. The molecule has 0 radical (unpaired) electrons. The van der Waals surface area contributed by atoms with Crippen molar-refractivity contribution in [1.82, 2.24) is 10.6 Å². The summed E-state index contributed by atoms with van der Waals surface area (Å²) in [5.41, 5.74) is 0.241. The van der Waals surface area contributed by atoms with Crippen LogP contribution in [0.1, 0.15) is 24.8 Å². The van der Waals surface area contributed by atoms with Gasteiger partial charge in [0.05, 0.1) is 6.42 Å². The van der Waals surface area contributed by atoms with Crippen molar-refractivity contribution in [3.8, 4) is 0 Å². The molecular formula is C16H20F2N2O. The Bertz CT molecular complexity index is 535. The van der Waals surface area contributed by atoms with Crippen molar-refractivity contribution >= 4 is 5.91 Å². The summed E-state index contributed by atoms with van der Waals surface area (Å²) in [6.45, 7) is 2.12. The third kappa shape index (κ3) is 3.40. The number of amides is 1. The SMILES string of the molecule is O=C(Cc1ccc(F)cc1F)NC1CC[C@H]2CNC[C@H]2C1. The summed E-state index contributed by atoms with van der Waals surface area (Å²) in [6.07, 6.45) is 3.08. The number of carbonyl (C=O) groups excluding carboxylic acids is 1. The van der Waals surface area contributed by atoms with E-state index >= 15 is 0 Å². The van der Waals surface area contributed by atoms with E-state index in [9.17, 15) is 13.6 Å². The van der Waals surface area contributed by atoms with E-state index in [4.69, 9.17) is 0 Å². The zero-order valence-corrected chi connectivity index (χ0v) is 11.9. The average Bonchev–Trinajstić information content (AvgIpc) is 2.89.